The van der Waals surface area contributed by atoms with E-state index in [1.54, 1.807) is 4.90 Å². The zero-order valence-electron chi connectivity index (χ0n) is 15.1. The van der Waals surface area contributed by atoms with Crippen molar-refractivity contribution < 1.29 is 18.4 Å². The summed E-state index contributed by atoms with van der Waals surface area (Å²) >= 11 is 0. The van der Waals surface area contributed by atoms with Crippen LogP contribution in [0, 0.1) is 23.5 Å². The fourth-order valence-electron chi connectivity index (χ4n) is 4.21. The number of piperidine rings is 1. The van der Waals surface area contributed by atoms with Crippen molar-refractivity contribution in [2.45, 2.75) is 31.8 Å². The minimum absolute atomic E-state index is 0.00323. The zero-order chi connectivity index (χ0) is 19.7. The molecule has 10 heteroatoms. The largest absolute Gasteiger partial charge is 0.353 e. The number of likely N-dealkylation sites (tertiary alicyclic amines) is 1. The van der Waals surface area contributed by atoms with Crippen LogP contribution in [-0.2, 0) is 11.3 Å². The Morgan fingerprint density at radius 2 is 1.93 bits per heavy atom. The van der Waals surface area contributed by atoms with Crippen LogP contribution in [0.2, 0.25) is 0 Å². The molecule has 8 nitrogen and oxygen atoms in total. The third-order valence-electron chi connectivity index (χ3n) is 5.57. The molecule has 28 heavy (non-hydrogen) atoms. The Balaban J connectivity index is 1.36. The predicted molar refractivity (Wildman–Crippen MR) is 92.8 cm³/mol. The Hall–Kier alpha value is -2.91. The molecule has 1 saturated carbocycles. The van der Waals surface area contributed by atoms with Gasteiger partial charge in [-0.05, 0) is 47.2 Å². The lowest BCUT2D eigenvalue weighted by Crippen LogP contribution is -2.54. The van der Waals surface area contributed by atoms with E-state index in [0.717, 1.165) is 25.0 Å². The highest BCUT2D eigenvalue weighted by Gasteiger charge is 2.44. The lowest BCUT2D eigenvalue weighted by atomic mass is 9.91. The number of carbonyl (C=O) groups is 2. The number of halogens is 2. The molecule has 1 N–H and O–H groups in total. The van der Waals surface area contributed by atoms with Crippen LogP contribution in [0.3, 0.4) is 0 Å². The molecule has 1 saturated heterocycles. The second-order valence-electron chi connectivity index (χ2n) is 7.35. The maximum absolute atomic E-state index is 14.0. The molecule has 148 valence electrons. The molecule has 0 spiro atoms. The van der Waals surface area contributed by atoms with Crippen LogP contribution < -0.4 is 5.32 Å². The first-order chi connectivity index (χ1) is 13.5. The second-order valence-corrected chi connectivity index (χ2v) is 7.35. The van der Waals surface area contributed by atoms with Crippen molar-refractivity contribution in [3.63, 3.8) is 0 Å². The van der Waals surface area contributed by atoms with Gasteiger partial charge in [-0.2, -0.15) is 0 Å². The highest BCUT2D eigenvalue weighted by Crippen LogP contribution is 2.37. The van der Waals surface area contributed by atoms with E-state index in [-0.39, 0.29) is 35.8 Å². The molecule has 1 aromatic carbocycles. The second kappa shape index (κ2) is 7.61. The number of nitrogens with zero attached hydrogens (tertiary/aromatic N) is 5. The summed E-state index contributed by atoms with van der Waals surface area (Å²) in [7, 11) is 0. The van der Waals surface area contributed by atoms with Gasteiger partial charge >= 0.3 is 0 Å². The molecule has 0 radical (unpaired) electrons. The normalized spacial score (nSPS) is 23.6. The predicted octanol–water partition coefficient (Wildman–Crippen LogP) is 1.01. The molecule has 2 bridgehead atoms. The van der Waals surface area contributed by atoms with E-state index in [2.05, 4.69) is 20.8 Å². The summed E-state index contributed by atoms with van der Waals surface area (Å²) in [5, 5.41) is 13.9. The fraction of sp³-hybridized carbons (Fsp3) is 0.500. The molecule has 1 aliphatic heterocycles. The van der Waals surface area contributed by atoms with Crippen molar-refractivity contribution in [3.8, 4) is 0 Å². The van der Waals surface area contributed by atoms with E-state index in [4.69, 9.17) is 0 Å². The van der Waals surface area contributed by atoms with Crippen molar-refractivity contribution in [2.24, 2.45) is 11.8 Å². The molecule has 2 aliphatic rings. The average Bonchev–Trinajstić information content (AvgIpc) is 3.25. The lowest BCUT2D eigenvalue weighted by Gasteiger charge is -2.38. The maximum atomic E-state index is 14.0. The molecule has 2 fully saturated rings. The zero-order valence-corrected chi connectivity index (χ0v) is 15.1. The van der Waals surface area contributed by atoms with Gasteiger partial charge in [-0.25, -0.2) is 13.5 Å². The molecule has 2 aromatic rings. The number of amides is 2. The number of benzene rings is 1. The molecule has 3 atom stereocenters. The van der Waals surface area contributed by atoms with Crippen molar-refractivity contribution in [1.82, 2.24) is 30.4 Å². The van der Waals surface area contributed by atoms with Gasteiger partial charge in [0.25, 0.3) is 5.91 Å². The number of hydrogen-bond acceptors (Lipinski definition) is 5. The number of hydrogen-bond donors (Lipinski definition) is 1. The summed E-state index contributed by atoms with van der Waals surface area (Å²) in [6.45, 7) is 1.30. The molecular formula is C18H20F2N6O2. The number of tetrazole rings is 1. The number of fused-ring (bicyclic) bond motifs is 2. The van der Waals surface area contributed by atoms with Gasteiger partial charge in [-0.3, -0.25) is 9.59 Å². The van der Waals surface area contributed by atoms with Crippen molar-refractivity contribution in [3.05, 3.63) is 41.7 Å². The monoisotopic (exact) mass is 390 g/mol. The molecular weight excluding hydrogens is 370 g/mol. The average molecular weight is 390 g/mol. The Labute approximate surface area is 159 Å². The third-order valence-corrected chi connectivity index (χ3v) is 5.57. The molecule has 4 rings (SSSR count). The van der Waals surface area contributed by atoms with E-state index in [9.17, 15) is 18.4 Å². The Bertz CT molecular complexity index is 861. The van der Waals surface area contributed by atoms with E-state index < -0.39 is 17.5 Å². The van der Waals surface area contributed by atoms with Gasteiger partial charge in [0.05, 0.1) is 12.1 Å². The number of rotatable bonds is 5. The van der Waals surface area contributed by atoms with Crippen LogP contribution in [0.1, 0.15) is 29.6 Å². The van der Waals surface area contributed by atoms with Crippen LogP contribution in [0.15, 0.2) is 24.5 Å². The first-order valence-electron chi connectivity index (χ1n) is 9.25. The topological polar surface area (TPSA) is 93.0 Å². The number of nitrogens with one attached hydrogen (secondary N) is 1. The summed E-state index contributed by atoms with van der Waals surface area (Å²) in [4.78, 5) is 26.6. The van der Waals surface area contributed by atoms with Crippen LogP contribution in [0.5, 0.6) is 0 Å². The first-order valence-corrected chi connectivity index (χ1v) is 9.25. The fourth-order valence-corrected chi connectivity index (χ4v) is 4.21. The van der Waals surface area contributed by atoms with Gasteiger partial charge in [0, 0.05) is 31.6 Å². The summed E-state index contributed by atoms with van der Waals surface area (Å²) in [5.74, 6) is -1.82. The van der Waals surface area contributed by atoms with E-state index in [1.807, 2.05) is 0 Å². The minimum Gasteiger partial charge on any atom is -0.353 e. The van der Waals surface area contributed by atoms with Crippen molar-refractivity contribution >= 4 is 11.8 Å². The Morgan fingerprint density at radius 1 is 1.18 bits per heavy atom. The van der Waals surface area contributed by atoms with E-state index in [0.29, 0.717) is 19.6 Å². The highest BCUT2D eigenvalue weighted by molar-refractivity contribution is 5.94. The summed E-state index contributed by atoms with van der Waals surface area (Å²) < 4.78 is 28.5. The van der Waals surface area contributed by atoms with Crippen LogP contribution in [0.4, 0.5) is 8.78 Å². The molecule has 2 heterocycles. The smallest absolute Gasteiger partial charge is 0.256 e. The van der Waals surface area contributed by atoms with E-state index in [1.165, 1.54) is 17.1 Å². The van der Waals surface area contributed by atoms with Crippen LogP contribution in [-0.4, -0.2) is 56.1 Å². The van der Waals surface area contributed by atoms with Gasteiger partial charge in [0.15, 0.2) is 0 Å². The van der Waals surface area contributed by atoms with Crippen LogP contribution in [0.25, 0.3) is 0 Å². The first kappa shape index (κ1) is 18.5. The maximum Gasteiger partial charge on any atom is 0.256 e. The van der Waals surface area contributed by atoms with Gasteiger partial charge in [-0.15, -0.1) is 5.10 Å². The third kappa shape index (κ3) is 3.71. The lowest BCUT2D eigenvalue weighted by molar-refractivity contribution is -0.122. The SMILES string of the molecule is O=C(CCn1cnnn1)NC1[C@@H]2CC[C@H]1CN(C(=O)c1ccc(F)cc1F)C2. The summed E-state index contributed by atoms with van der Waals surface area (Å²) in [6.07, 6.45) is 3.52. The molecule has 1 unspecified atom stereocenters. The van der Waals surface area contributed by atoms with Gasteiger partial charge in [0.2, 0.25) is 5.91 Å². The van der Waals surface area contributed by atoms with Crippen LogP contribution >= 0.6 is 0 Å². The number of aromatic nitrogens is 4. The van der Waals surface area contributed by atoms with Gasteiger partial charge in [0.1, 0.15) is 18.0 Å². The quantitative estimate of drug-likeness (QED) is 0.823. The van der Waals surface area contributed by atoms with Crippen molar-refractivity contribution in [1.29, 1.82) is 0 Å². The molecule has 1 aromatic heterocycles. The van der Waals surface area contributed by atoms with Crippen molar-refractivity contribution in [2.75, 3.05) is 13.1 Å². The van der Waals surface area contributed by atoms with Gasteiger partial charge in [-0.1, -0.05) is 0 Å². The summed E-state index contributed by atoms with van der Waals surface area (Å²) in [6, 6.07) is 2.99. The molecule has 2 amide bonds. The summed E-state index contributed by atoms with van der Waals surface area (Å²) in [5.41, 5.74) is -0.121. The Morgan fingerprint density at radius 3 is 2.57 bits per heavy atom. The highest BCUT2D eigenvalue weighted by atomic mass is 19.1. The Kier molecular flexibility index (Phi) is 5.01. The molecule has 1 aliphatic carbocycles. The standard InChI is InChI=1S/C18H20F2N6O2/c19-13-3-4-14(15(20)7-13)18(28)25-8-11-1-2-12(9-25)17(11)22-16(27)5-6-26-10-21-23-24-26/h3-4,7,10-12,17H,1-2,5-6,8-9H2,(H,22,27)/t11-,12+,17?. The number of aryl methyl sites for hydroxylation is 1. The van der Waals surface area contributed by atoms with E-state index >= 15 is 0 Å². The number of carbonyl (C=O) groups excluding carboxylic acids is 2. The minimum atomic E-state index is -0.852. The van der Waals surface area contributed by atoms with Gasteiger partial charge < -0.3 is 10.2 Å².